The van der Waals surface area contributed by atoms with Crippen LogP contribution in [0.15, 0.2) is 42.5 Å². The van der Waals surface area contributed by atoms with Gasteiger partial charge in [0.2, 0.25) is 0 Å². The summed E-state index contributed by atoms with van der Waals surface area (Å²) in [6.07, 6.45) is -0.218. The lowest BCUT2D eigenvalue weighted by Gasteiger charge is -2.18. The minimum absolute atomic E-state index is 0.149. The molecule has 3 rings (SSSR count). The molecule has 30 heavy (non-hydrogen) atoms. The number of hydrogen-bond donors (Lipinski definition) is 3. The zero-order chi connectivity index (χ0) is 21.3. The Hall–Kier alpha value is -2.22. The van der Waals surface area contributed by atoms with E-state index in [0.29, 0.717) is 49.5 Å². The fraction of sp³-hybridized carbons (Fsp3) is 0.478. The van der Waals surface area contributed by atoms with Gasteiger partial charge in [-0.3, -0.25) is 0 Å². The number of quaternary nitrogens is 2. The normalized spacial score (nSPS) is 19.6. The minimum Gasteiger partial charge on any atom is -0.497 e. The lowest BCUT2D eigenvalue weighted by Crippen LogP contribution is -3.11. The summed E-state index contributed by atoms with van der Waals surface area (Å²) in [5, 5.41) is 12.4. The summed E-state index contributed by atoms with van der Waals surface area (Å²) in [6.45, 7) is 3.25. The molecule has 7 heteroatoms. The number of alkyl halides is 1. The minimum atomic E-state index is -0.766. The molecular weight excluding hydrogens is 390 g/mol. The van der Waals surface area contributed by atoms with E-state index in [1.165, 1.54) is 6.07 Å². The van der Waals surface area contributed by atoms with E-state index in [4.69, 9.17) is 9.47 Å². The Labute approximate surface area is 176 Å². The van der Waals surface area contributed by atoms with Crippen LogP contribution < -0.4 is 19.7 Å². The molecule has 1 heterocycles. The van der Waals surface area contributed by atoms with Crippen LogP contribution in [0.1, 0.15) is 17.5 Å². The maximum Gasteiger partial charge on any atom is 0.154 e. The van der Waals surface area contributed by atoms with E-state index in [0.717, 1.165) is 23.6 Å². The summed E-state index contributed by atoms with van der Waals surface area (Å²) in [5.74, 6) is 1.17. The highest BCUT2D eigenvalue weighted by molar-refractivity contribution is 5.40. The van der Waals surface area contributed by atoms with E-state index in [1.807, 2.05) is 24.3 Å². The van der Waals surface area contributed by atoms with Crippen LogP contribution in [-0.2, 0) is 13.0 Å². The highest BCUT2D eigenvalue weighted by atomic mass is 19.1. The van der Waals surface area contributed by atoms with Crippen molar-refractivity contribution in [1.82, 2.24) is 0 Å². The third kappa shape index (κ3) is 6.65. The lowest BCUT2D eigenvalue weighted by atomic mass is 10.1. The molecule has 1 aliphatic heterocycles. The standard InChI is InChI=1S/C23H30F2N2O3/c1-29-21-7-6-18(13-26-10-8-17-4-2-3-5-22(17)25)23(12-21)30-16-20(28)15-27-11-9-19(24)14-27/h2-7,12,19-20,26,28H,8-11,13-16H2,1H3/p+2/t19-,20?/m1/s1. The third-order valence-electron chi connectivity index (χ3n) is 5.49. The van der Waals surface area contributed by atoms with Crippen molar-refractivity contribution in [1.29, 1.82) is 0 Å². The first-order valence-electron chi connectivity index (χ1n) is 10.6. The second kappa shape index (κ2) is 11.2. The van der Waals surface area contributed by atoms with Crippen LogP contribution in [0.4, 0.5) is 8.78 Å². The van der Waals surface area contributed by atoms with Gasteiger partial charge in [-0.25, -0.2) is 8.78 Å². The number of likely N-dealkylation sites (tertiary alicyclic amines) is 1. The van der Waals surface area contributed by atoms with Crippen LogP contribution in [0.2, 0.25) is 0 Å². The molecule has 1 aliphatic rings. The fourth-order valence-electron chi connectivity index (χ4n) is 3.82. The van der Waals surface area contributed by atoms with Crippen molar-refractivity contribution >= 4 is 0 Å². The van der Waals surface area contributed by atoms with Gasteiger partial charge in [0.25, 0.3) is 0 Å². The van der Waals surface area contributed by atoms with E-state index in [9.17, 15) is 13.9 Å². The summed E-state index contributed by atoms with van der Waals surface area (Å²) in [5.41, 5.74) is 1.69. The highest BCUT2D eigenvalue weighted by Crippen LogP contribution is 2.24. The van der Waals surface area contributed by atoms with Crippen molar-refractivity contribution in [2.45, 2.75) is 31.7 Å². The topological polar surface area (TPSA) is 59.7 Å². The molecule has 2 unspecified atom stereocenters. The molecule has 164 valence electrons. The number of rotatable bonds is 11. The molecule has 0 aromatic heterocycles. The Kier molecular flexibility index (Phi) is 8.42. The summed E-state index contributed by atoms with van der Waals surface area (Å²) < 4.78 is 38.2. The van der Waals surface area contributed by atoms with Gasteiger partial charge in [-0.05, 0) is 23.8 Å². The SMILES string of the molecule is COc1ccc(C[NH2+]CCc2ccccc2F)c(OCC(O)C[NH+]2CC[C@@H](F)C2)c1. The predicted octanol–water partition coefficient (Wildman–Crippen LogP) is 0.507. The number of hydrogen-bond acceptors (Lipinski definition) is 3. The number of ether oxygens (including phenoxy) is 2. The van der Waals surface area contributed by atoms with Crippen LogP contribution in [0, 0.1) is 5.82 Å². The summed E-state index contributed by atoms with van der Waals surface area (Å²) in [4.78, 5) is 1.07. The van der Waals surface area contributed by atoms with E-state index in [1.54, 1.807) is 19.2 Å². The third-order valence-corrected chi connectivity index (χ3v) is 5.49. The van der Waals surface area contributed by atoms with E-state index < -0.39 is 12.3 Å². The Bertz CT molecular complexity index is 806. The largest absolute Gasteiger partial charge is 0.497 e. The van der Waals surface area contributed by atoms with E-state index in [2.05, 4.69) is 5.32 Å². The van der Waals surface area contributed by atoms with Crippen molar-refractivity contribution in [3.63, 3.8) is 0 Å². The quantitative estimate of drug-likeness (QED) is 0.463. The van der Waals surface area contributed by atoms with E-state index >= 15 is 0 Å². The average Bonchev–Trinajstić information content (AvgIpc) is 3.15. The zero-order valence-corrected chi connectivity index (χ0v) is 17.4. The molecule has 3 atom stereocenters. The van der Waals surface area contributed by atoms with Crippen LogP contribution in [0.3, 0.4) is 0 Å². The molecule has 2 aromatic carbocycles. The number of aliphatic hydroxyl groups excluding tert-OH is 1. The van der Waals surface area contributed by atoms with Gasteiger partial charge in [0.05, 0.1) is 20.2 Å². The molecule has 4 N–H and O–H groups in total. The highest BCUT2D eigenvalue weighted by Gasteiger charge is 2.27. The van der Waals surface area contributed by atoms with Crippen LogP contribution >= 0.6 is 0 Å². The van der Waals surface area contributed by atoms with Crippen molar-refractivity contribution < 1.29 is 33.6 Å². The van der Waals surface area contributed by atoms with Crippen molar-refractivity contribution in [3.05, 3.63) is 59.4 Å². The first-order valence-corrected chi connectivity index (χ1v) is 10.6. The Morgan fingerprint density at radius 1 is 1.23 bits per heavy atom. The number of nitrogens with two attached hydrogens (primary N) is 1. The number of nitrogens with one attached hydrogen (secondary N) is 1. The first-order chi connectivity index (χ1) is 14.5. The van der Waals surface area contributed by atoms with Crippen LogP contribution in [0.25, 0.3) is 0 Å². The molecule has 2 aromatic rings. The summed E-state index contributed by atoms with van der Waals surface area (Å²) >= 11 is 0. The second-order valence-electron chi connectivity index (χ2n) is 7.86. The Balaban J connectivity index is 1.51. The number of aliphatic hydroxyl groups is 1. The molecule has 0 saturated carbocycles. The maximum absolute atomic E-state index is 13.7. The van der Waals surface area contributed by atoms with Gasteiger partial charge in [-0.2, -0.15) is 0 Å². The Morgan fingerprint density at radius 2 is 2.07 bits per heavy atom. The van der Waals surface area contributed by atoms with Crippen LogP contribution in [0.5, 0.6) is 11.5 Å². The first kappa shape index (κ1) is 22.5. The van der Waals surface area contributed by atoms with Gasteiger partial charge in [-0.1, -0.05) is 18.2 Å². The maximum atomic E-state index is 13.7. The molecule has 0 bridgehead atoms. The van der Waals surface area contributed by atoms with Gasteiger partial charge < -0.3 is 24.8 Å². The summed E-state index contributed by atoms with van der Waals surface area (Å²) in [6, 6.07) is 12.5. The van der Waals surface area contributed by atoms with Gasteiger partial charge in [0.1, 0.15) is 49.7 Å². The lowest BCUT2D eigenvalue weighted by molar-refractivity contribution is -0.891. The van der Waals surface area contributed by atoms with Crippen molar-refractivity contribution in [2.75, 3.05) is 39.9 Å². The monoisotopic (exact) mass is 422 g/mol. The number of halogens is 2. The molecule has 1 fully saturated rings. The predicted molar refractivity (Wildman–Crippen MR) is 110 cm³/mol. The second-order valence-corrected chi connectivity index (χ2v) is 7.86. The molecule has 0 aliphatic carbocycles. The Morgan fingerprint density at radius 3 is 2.80 bits per heavy atom. The van der Waals surface area contributed by atoms with Gasteiger partial charge >= 0.3 is 0 Å². The average molecular weight is 423 g/mol. The van der Waals surface area contributed by atoms with E-state index in [-0.39, 0.29) is 12.4 Å². The van der Waals surface area contributed by atoms with Crippen molar-refractivity contribution in [3.8, 4) is 11.5 Å². The molecular formula is C23H32F2N2O3+2. The van der Waals surface area contributed by atoms with Crippen LogP contribution in [-0.4, -0.2) is 57.3 Å². The number of methoxy groups -OCH3 is 1. The fourth-order valence-corrected chi connectivity index (χ4v) is 3.82. The molecule has 0 radical (unpaired) electrons. The molecule has 1 saturated heterocycles. The molecule has 5 nitrogen and oxygen atoms in total. The zero-order valence-electron chi connectivity index (χ0n) is 17.4. The summed E-state index contributed by atoms with van der Waals surface area (Å²) in [7, 11) is 1.60. The smallest absolute Gasteiger partial charge is 0.154 e. The van der Waals surface area contributed by atoms with Gasteiger partial charge in [0.15, 0.2) is 6.17 Å². The number of benzene rings is 2. The van der Waals surface area contributed by atoms with Gasteiger partial charge in [-0.15, -0.1) is 0 Å². The van der Waals surface area contributed by atoms with Crippen molar-refractivity contribution in [2.24, 2.45) is 0 Å². The molecule has 0 spiro atoms. The van der Waals surface area contributed by atoms with Gasteiger partial charge in [0, 0.05) is 24.5 Å². The molecule has 0 amide bonds.